The van der Waals surface area contributed by atoms with E-state index in [1.54, 1.807) is 43.3 Å². The number of rotatable bonds is 14. The van der Waals surface area contributed by atoms with Crippen molar-refractivity contribution in [3.8, 4) is 11.5 Å². The normalized spacial score (nSPS) is 11.8. The Kier molecular flexibility index (Phi) is 12.1. The van der Waals surface area contributed by atoms with Gasteiger partial charge in [-0.3, -0.25) is 13.9 Å². The highest BCUT2D eigenvalue weighted by Crippen LogP contribution is 2.34. The second-order valence-corrected chi connectivity index (χ2v) is 13.4. The van der Waals surface area contributed by atoms with Crippen molar-refractivity contribution in [2.75, 3.05) is 31.6 Å². The van der Waals surface area contributed by atoms with Gasteiger partial charge in [-0.25, -0.2) is 8.42 Å². The number of hydrogen-bond donors (Lipinski definition) is 1. The maximum Gasteiger partial charge on any atom is 0.264 e. The Balaban J connectivity index is 1.85. The van der Waals surface area contributed by atoms with Gasteiger partial charge in [0.2, 0.25) is 11.8 Å². The van der Waals surface area contributed by atoms with Crippen LogP contribution in [0.4, 0.5) is 5.69 Å². The summed E-state index contributed by atoms with van der Waals surface area (Å²) in [6.07, 6.45) is 0.171. The van der Waals surface area contributed by atoms with Crippen molar-refractivity contribution in [3.63, 3.8) is 0 Å². The summed E-state index contributed by atoms with van der Waals surface area (Å²) >= 11 is 12.7. The van der Waals surface area contributed by atoms with Crippen molar-refractivity contribution in [1.29, 1.82) is 0 Å². The van der Waals surface area contributed by atoms with Gasteiger partial charge in [-0.05, 0) is 61.4 Å². The van der Waals surface area contributed by atoms with Gasteiger partial charge in [0.15, 0.2) is 11.5 Å². The summed E-state index contributed by atoms with van der Waals surface area (Å²) in [6.45, 7) is 3.23. The minimum atomic E-state index is -4.30. The van der Waals surface area contributed by atoms with Crippen molar-refractivity contribution in [3.05, 3.63) is 118 Å². The zero-order valence-corrected chi connectivity index (χ0v) is 28.9. The van der Waals surface area contributed by atoms with Crippen LogP contribution in [0.1, 0.15) is 23.6 Å². The molecule has 0 aromatic heterocycles. The lowest BCUT2D eigenvalue weighted by Crippen LogP contribution is -2.53. The molecule has 1 N–H and O–H groups in total. The molecule has 4 aromatic carbocycles. The first kappa shape index (κ1) is 35.6. The molecule has 2 amide bonds. The van der Waals surface area contributed by atoms with Gasteiger partial charge in [-0.15, -0.1) is 0 Å². The summed E-state index contributed by atoms with van der Waals surface area (Å²) < 4.78 is 40.4. The van der Waals surface area contributed by atoms with Gasteiger partial charge >= 0.3 is 0 Å². The van der Waals surface area contributed by atoms with E-state index >= 15 is 0 Å². The third kappa shape index (κ3) is 8.77. The Labute approximate surface area is 286 Å². The van der Waals surface area contributed by atoms with Crippen LogP contribution in [0.3, 0.4) is 0 Å². The van der Waals surface area contributed by atoms with Gasteiger partial charge in [0.25, 0.3) is 10.0 Å². The van der Waals surface area contributed by atoms with Crippen LogP contribution < -0.4 is 19.1 Å². The molecule has 12 heteroatoms. The minimum absolute atomic E-state index is 0.0115. The molecule has 0 aliphatic rings. The fraction of sp³-hybridized carbons (Fsp3) is 0.257. The van der Waals surface area contributed by atoms with Gasteiger partial charge in [0.05, 0.1) is 24.8 Å². The molecule has 0 aliphatic carbocycles. The summed E-state index contributed by atoms with van der Waals surface area (Å²) in [4.78, 5) is 29.6. The van der Waals surface area contributed by atoms with Crippen molar-refractivity contribution in [2.24, 2.45) is 0 Å². The standard InChI is InChI=1S/C35H37Cl2N3O6S/c1-5-38-35(42)31(19-25-9-7-6-8-10-25)39(22-26-13-14-27(36)20-30(26)37)34(41)23-40(28-15-18-32(45-3)33(21-28)46-4)47(43,44)29-16-11-24(2)12-17-29/h6-18,20-21,31H,5,19,22-23H2,1-4H3,(H,38,42)/t31-/m0/s1. The number of nitrogens with one attached hydrogen (secondary N) is 1. The zero-order valence-electron chi connectivity index (χ0n) is 26.6. The predicted octanol–water partition coefficient (Wildman–Crippen LogP) is 6.29. The van der Waals surface area contributed by atoms with Crippen molar-refractivity contribution < 1.29 is 27.5 Å². The van der Waals surface area contributed by atoms with E-state index in [0.717, 1.165) is 15.4 Å². The average Bonchev–Trinajstić information content (AvgIpc) is 3.06. The number of carbonyl (C=O) groups excluding carboxylic acids is 2. The number of methoxy groups -OCH3 is 2. The number of anilines is 1. The van der Waals surface area contributed by atoms with Crippen LogP contribution in [0.2, 0.25) is 10.0 Å². The molecule has 0 radical (unpaired) electrons. The minimum Gasteiger partial charge on any atom is -0.493 e. The lowest BCUT2D eigenvalue weighted by molar-refractivity contribution is -0.140. The number of benzene rings is 4. The van der Waals surface area contributed by atoms with E-state index in [9.17, 15) is 18.0 Å². The number of hydrogen-bond acceptors (Lipinski definition) is 6. The molecular weight excluding hydrogens is 661 g/mol. The maximum absolute atomic E-state index is 14.6. The third-order valence-corrected chi connectivity index (χ3v) is 9.90. The van der Waals surface area contributed by atoms with Crippen molar-refractivity contribution >= 4 is 50.7 Å². The van der Waals surface area contributed by atoms with Crippen LogP contribution in [-0.4, -0.2) is 58.5 Å². The van der Waals surface area contributed by atoms with Gasteiger partial charge in [0.1, 0.15) is 12.6 Å². The summed E-state index contributed by atoms with van der Waals surface area (Å²) in [6, 6.07) is 24.1. The number of amides is 2. The molecule has 0 spiro atoms. The molecule has 0 saturated carbocycles. The van der Waals surface area contributed by atoms with Crippen LogP contribution in [-0.2, 0) is 32.6 Å². The Morgan fingerprint density at radius 2 is 1.55 bits per heavy atom. The lowest BCUT2D eigenvalue weighted by atomic mass is 10.0. The van der Waals surface area contributed by atoms with E-state index in [0.29, 0.717) is 27.9 Å². The molecule has 9 nitrogen and oxygen atoms in total. The van der Waals surface area contributed by atoms with Crippen molar-refractivity contribution in [2.45, 2.75) is 37.8 Å². The Morgan fingerprint density at radius 1 is 0.872 bits per heavy atom. The quantitative estimate of drug-likeness (QED) is 0.166. The Bertz CT molecular complexity index is 1800. The smallest absolute Gasteiger partial charge is 0.264 e. The molecule has 0 heterocycles. The maximum atomic E-state index is 14.6. The largest absolute Gasteiger partial charge is 0.493 e. The van der Waals surface area contributed by atoms with Crippen LogP contribution in [0.15, 0.2) is 95.9 Å². The summed E-state index contributed by atoms with van der Waals surface area (Å²) in [5, 5.41) is 3.54. The Hall–Kier alpha value is -4.25. The molecule has 0 fully saturated rings. The zero-order chi connectivity index (χ0) is 34.1. The van der Waals surface area contributed by atoms with Gasteiger partial charge < -0.3 is 19.7 Å². The van der Waals surface area contributed by atoms with E-state index < -0.39 is 34.4 Å². The summed E-state index contributed by atoms with van der Waals surface area (Å²) in [7, 11) is -1.40. The number of carbonyl (C=O) groups is 2. The predicted molar refractivity (Wildman–Crippen MR) is 185 cm³/mol. The highest BCUT2D eigenvalue weighted by molar-refractivity contribution is 7.92. The molecule has 4 aromatic rings. The number of sulfonamides is 1. The fourth-order valence-electron chi connectivity index (χ4n) is 5.03. The van der Waals surface area contributed by atoms with Gasteiger partial charge in [0, 0.05) is 35.6 Å². The van der Waals surface area contributed by atoms with E-state index in [1.807, 2.05) is 37.3 Å². The number of likely N-dealkylation sites (N-methyl/N-ethyl adjacent to an activating group) is 1. The number of nitrogens with zero attached hydrogens (tertiary/aromatic N) is 2. The number of ether oxygens (including phenoxy) is 2. The molecule has 0 unspecified atom stereocenters. The van der Waals surface area contributed by atoms with E-state index in [1.165, 1.54) is 43.4 Å². The Morgan fingerprint density at radius 3 is 2.17 bits per heavy atom. The highest BCUT2D eigenvalue weighted by Gasteiger charge is 2.35. The van der Waals surface area contributed by atoms with Gasteiger partial charge in [-0.1, -0.05) is 77.3 Å². The second kappa shape index (κ2) is 16.0. The SMILES string of the molecule is CCNC(=O)[C@H](Cc1ccccc1)N(Cc1ccc(Cl)cc1Cl)C(=O)CN(c1ccc(OC)c(OC)c1)S(=O)(=O)c1ccc(C)cc1. The molecule has 0 saturated heterocycles. The first-order valence-electron chi connectivity index (χ1n) is 14.8. The summed E-state index contributed by atoms with van der Waals surface area (Å²) in [5.74, 6) is -0.369. The van der Waals surface area contributed by atoms with Crippen LogP contribution in [0, 0.1) is 6.92 Å². The van der Waals surface area contributed by atoms with E-state index in [2.05, 4.69) is 5.32 Å². The second-order valence-electron chi connectivity index (χ2n) is 10.7. The highest BCUT2D eigenvalue weighted by atomic mass is 35.5. The molecular formula is C35H37Cl2N3O6S. The molecule has 248 valence electrons. The first-order chi connectivity index (χ1) is 22.5. The van der Waals surface area contributed by atoms with Crippen LogP contribution in [0.25, 0.3) is 0 Å². The third-order valence-electron chi connectivity index (χ3n) is 7.52. The van der Waals surface area contributed by atoms with Crippen LogP contribution in [0.5, 0.6) is 11.5 Å². The van der Waals surface area contributed by atoms with Gasteiger partial charge in [-0.2, -0.15) is 0 Å². The van der Waals surface area contributed by atoms with E-state index in [-0.39, 0.29) is 29.3 Å². The molecule has 0 aliphatic heterocycles. The molecule has 47 heavy (non-hydrogen) atoms. The molecule has 4 rings (SSSR count). The fourth-order valence-corrected chi connectivity index (χ4v) is 6.90. The van der Waals surface area contributed by atoms with E-state index in [4.69, 9.17) is 32.7 Å². The first-order valence-corrected chi connectivity index (χ1v) is 17.0. The average molecular weight is 699 g/mol. The van der Waals surface area contributed by atoms with Crippen LogP contribution >= 0.6 is 23.2 Å². The molecule has 1 atom stereocenters. The number of halogens is 2. The topological polar surface area (TPSA) is 105 Å². The monoisotopic (exact) mass is 697 g/mol. The summed E-state index contributed by atoms with van der Waals surface area (Å²) in [5.41, 5.74) is 2.38. The lowest BCUT2D eigenvalue weighted by Gasteiger charge is -2.34. The molecule has 0 bridgehead atoms. The van der Waals surface area contributed by atoms with Crippen molar-refractivity contribution in [1.82, 2.24) is 10.2 Å². The number of aryl methyl sites for hydroxylation is 1.